The summed E-state index contributed by atoms with van der Waals surface area (Å²) < 4.78 is 0. The van der Waals surface area contributed by atoms with Gasteiger partial charge in [-0.15, -0.1) is 0 Å². The van der Waals surface area contributed by atoms with Gasteiger partial charge in [0.05, 0.1) is 11.6 Å². The molecule has 0 aliphatic rings. The molecule has 0 saturated heterocycles. The van der Waals surface area contributed by atoms with Gasteiger partial charge in [0.15, 0.2) is 0 Å². The number of nitriles is 1. The van der Waals surface area contributed by atoms with Gasteiger partial charge in [-0.2, -0.15) is 5.26 Å². The highest BCUT2D eigenvalue weighted by atomic mass is 15.1. The summed E-state index contributed by atoms with van der Waals surface area (Å²) in [5, 5.41) is 12.2. The molecule has 0 aliphatic carbocycles. The zero-order chi connectivity index (χ0) is 10.9. The largest absolute Gasteiger partial charge is 0.192 e. The van der Waals surface area contributed by atoms with E-state index in [1.807, 2.05) is 30.4 Å². The molecule has 0 N–H and O–H groups in total. The van der Waals surface area contributed by atoms with Crippen LogP contribution in [-0.4, -0.2) is 6.54 Å². The first-order valence-corrected chi connectivity index (χ1v) is 4.55. The molecule has 1 rings (SSSR count). The molecular weight excluding hydrogens is 188 g/mol. The van der Waals surface area contributed by atoms with Crippen LogP contribution in [0.1, 0.15) is 17.5 Å². The maximum Gasteiger partial charge on any atom is 0.0997 e. The molecule has 0 amide bonds. The Morgan fingerprint density at radius 2 is 2.27 bits per heavy atom. The van der Waals surface area contributed by atoms with Crippen LogP contribution in [0.3, 0.4) is 0 Å². The molecule has 0 saturated carbocycles. The molecule has 0 atom stereocenters. The smallest absolute Gasteiger partial charge is 0.0997 e. The molecule has 0 radical (unpaired) electrons. The molecule has 74 valence electrons. The van der Waals surface area contributed by atoms with Crippen molar-refractivity contribution >= 4 is 6.08 Å². The molecule has 1 aromatic rings. The van der Waals surface area contributed by atoms with Crippen LogP contribution in [0.4, 0.5) is 0 Å². The van der Waals surface area contributed by atoms with E-state index >= 15 is 0 Å². The fourth-order valence-electron chi connectivity index (χ4n) is 1.13. The molecule has 15 heavy (non-hydrogen) atoms. The number of hydrogen-bond donors (Lipinski definition) is 0. The Bertz CT molecular complexity index is 436. The average molecular weight is 198 g/mol. The van der Waals surface area contributed by atoms with E-state index in [1.165, 1.54) is 0 Å². The predicted molar refractivity (Wildman–Crippen MR) is 58.8 cm³/mol. The fraction of sp³-hybridized carbons (Fsp3) is 0.182. The van der Waals surface area contributed by atoms with Crippen molar-refractivity contribution in [3.8, 4) is 6.07 Å². The van der Waals surface area contributed by atoms with Crippen LogP contribution in [0.25, 0.3) is 16.5 Å². The second-order valence-corrected chi connectivity index (χ2v) is 2.84. The van der Waals surface area contributed by atoms with Crippen molar-refractivity contribution in [1.82, 2.24) is 0 Å². The summed E-state index contributed by atoms with van der Waals surface area (Å²) in [4.78, 5) is 2.65. The molecule has 4 nitrogen and oxygen atoms in total. The van der Waals surface area contributed by atoms with Gasteiger partial charge in [0.25, 0.3) is 0 Å². The van der Waals surface area contributed by atoms with E-state index in [4.69, 9.17) is 10.8 Å². The number of azide groups is 1. The third kappa shape index (κ3) is 3.55. The highest BCUT2D eigenvalue weighted by molar-refractivity contribution is 5.57. The zero-order valence-electron chi connectivity index (χ0n) is 8.17. The van der Waals surface area contributed by atoms with Gasteiger partial charge in [-0.05, 0) is 23.6 Å². The Labute approximate surface area is 88.1 Å². The van der Waals surface area contributed by atoms with Crippen LogP contribution < -0.4 is 0 Å². The minimum atomic E-state index is 0.446. The number of hydrogen-bond acceptors (Lipinski definition) is 2. The van der Waals surface area contributed by atoms with Gasteiger partial charge >= 0.3 is 0 Å². The SMILES string of the molecule is N#Cc1ccccc1C=CCCN=[N+]=[N-]. The van der Waals surface area contributed by atoms with Gasteiger partial charge in [0.2, 0.25) is 0 Å². The van der Waals surface area contributed by atoms with E-state index < -0.39 is 0 Å². The van der Waals surface area contributed by atoms with Crippen molar-refractivity contribution in [3.05, 3.63) is 51.9 Å². The van der Waals surface area contributed by atoms with E-state index in [-0.39, 0.29) is 0 Å². The third-order valence-corrected chi connectivity index (χ3v) is 1.84. The van der Waals surface area contributed by atoms with Crippen molar-refractivity contribution in [1.29, 1.82) is 5.26 Å². The molecule has 4 heteroatoms. The number of nitrogens with zero attached hydrogens (tertiary/aromatic N) is 4. The normalized spacial score (nSPS) is 9.53. The first-order valence-electron chi connectivity index (χ1n) is 4.55. The maximum absolute atomic E-state index is 8.81. The van der Waals surface area contributed by atoms with E-state index in [1.54, 1.807) is 6.07 Å². The molecule has 0 aromatic heterocycles. The van der Waals surface area contributed by atoms with Crippen LogP contribution in [-0.2, 0) is 0 Å². The zero-order valence-corrected chi connectivity index (χ0v) is 8.17. The van der Waals surface area contributed by atoms with Gasteiger partial charge in [0, 0.05) is 11.5 Å². The molecule has 0 fully saturated rings. The van der Waals surface area contributed by atoms with Gasteiger partial charge < -0.3 is 0 Å². The topological polar surface area (TPSA) is 72.5 Å². The van der Waals surface area contributed by atoms with Gasteiger partial charge in [-0.1, -0.05) is 35.5 Å². The highest BCUT2D eigenvalue weighted by Gasteiger charge is 1.94. The highest BCUT2D eigenvalue weighted by Crippen LogP contribution is 2.09. The second-order valence-electron chi connectivity index (χ2n) is 2.84. The summed E-state index contributed by atoms with van der Waals surface area (Å²) in [6.45, 7) is 0.446. The Kier molecular flexibility index (Phi) is 4.52. The second kappa shape index (κ2) is 6.25. The van der Waals surface area contributed by atoms with Crippen LogP contribution in [0.5, 0.6) is 0 Å². The predicted octanol–water partition coefficient (Wildman–Crippen LogP) is 3.27. The van der Waals surface area contributed by atoms with E-state index in [2.05, 4.69) is 16.1 Å². The van der Waals surface area contributed by atoms with E-state index in [0.29, 0.717) is 18.5 Å². The lowest BCUT2D eigenvalue weighted by atomic mass is 10.1. The van der Waals surface area contributed by atoms with Crippen LogP contribution in [0.15, 0.2) is 35.5 Å². The van der Waals surface area contributed by atoms with Gasteiger partial charge in [-0.3, -0.25) is 0 Å². The van der Waals surface area contributed by atoms with Crippen molar-refractivity contribution in [2.75, 3.05) is 6.54 Å². The summed E-state index contributed by atoms with van der Waals surface area (Å²) in [6.07, 6.45) is 4.44. The third-order valence-electron chi connectivity index (χ3n) is 1.84. The number of benzene rings is 1. The van der Waals surface area contributed by atoms with Crippen molar-refractivity contribution in [2.45, 2.75) is 6.42 Å². The van der Waals surface area contributed by atoms with Gasteiger partial charge in [-0.25, -0.2) is 0 Å². The minimum Gasteiger partial charge on any atom is -0.192 e. The Hall–Kier alpha value is -2.24. The quantitative estimate of drug-likeness (QED) is 0.316. The lowest BCUT2D eigenvalue weighted by Gasteiger charge is -1.95. The molecule has 0 spiro atoms. The maximum atomic E-state index is 8.81. The lowest BCUT2D eigenvalue weighted by molar-refractivity contribution is 0.995. The van der Waals surface area contributed by atoms with E-state index in [9.17, 15) is 0 Å². The van der Waals surface area contributed by atoms with Crippen molar-refractivity contribution in [3.63, 3.8) is 0 Å². The summed E-state index contributed by atoms with van der Waals surface area (Å²) in [6, 6.07) is 9.48. The van der Waals surface area contributed by atoms with E-state index in [0.717, 1.165) is 5.56 Å². The molecule has 0 heterocycles. The monoisotopic (exact) mass is 198 g/mol. The number of rotatable bonds is 4. The van der Waals surface area contributed by atoms with Crippen LogP contribution in [0.2, 0.25) is 0 Å². The molecule has 0 unspecified atom stereocenters. The van der Waals surface area contributed by atoms with Crippen molar-refractivity contribution in [2.24, 2.45) is 5.11 Å². The average Bonchev–Trinajstić information content (AvgIpc) is 2.29. The lowest BCUT2D eigenvalue weighted by Crippen LogP contribution is -1.80. The summed E-state index contributed by atoms with van der Waals surface area (Å²) in [5.41, 5.74) is 9.60. The molecular formula is C11H10N4. The Morgan fingerprint density at radius 1 is 1.47 bits per heavy atom. The minimum absolute atomic E-state index is 0.446. The first-order chi connectivity index (χ1) is 7.38. The summed E-state index contributed by atoms with van der Waals surface area (Å²) in [7, 11) is 0. The standard InChI is InChI=1S/C11H10N4/c12-9-11-7-2-1-5-10(11)6-3-4-8-14-15-13/h1-3,5-7H,4,8H2. The molecule has 1 aromatic carbocycles. The first kappa shape index (κ1) is 10.8. The summed E-state index contributed by atoms with van der Waals surface area (Å²) in [5.74, 6) is 0. The Morgan fingerprint density at radius 3 is 3.00 bits per heavy atom. The van der Waals surface area contributed by atoms with Crippen LogP contribution in [0, 0.1) is 11.3 Å². The fourth-order valence-corrected chi connectivity index (χ4v) is 1.13. The van der Waals surface area contributed by atoms with Gasteiger partial charge in [0.1, 0.15) is 0 Å². The van der Waals surface area contributed by atoms with Crippen LogP contribution >= 0.6 is 0 Å². The summed E-state index contributed by atoms with van der Waals surface area (Å²) >= 11 is 0. The van der Waals surface area contributed by atoms with Crippen molar-refractivity contribution < 1.29 is 0 Å². The molecule has 0 aliphatic heterocycles. The Balaban J connectivity index is 2.64. The molecule has 0 bridgehead atoms.